The van der Waals surface area contributed by atoms with Gasteiger partial charge >= 0.3 is 5.97 Å². The van der Waals surface area contributed by atoms with E-state index in [1.807, 2.05) is 0 Å². The van der Waals surface area contributed by atoms with Gasteiger partial charge in [-0.15, -0.1) is 0 Å². The highest BCUT2D eigenvalue weighted by molar-refractivity contribution is 6.39. The molecule has 126 valence electrons. The van der Waals surface area contributed by atoms with Crippen molar-refractivity contribution in [2.24, 2.45) is 0 Å². The van der Waals surface area contributed by atoms with Gasteiger partial charge in [0, 0.05) is 6.20 Å². The second kappa shape index (κ2) is 8.03. The molecule has 2 rings (SSSR count). The molecule has 2 aromatic rings. The van der Waals surface area contributed by atoms with E-state index < -0.39 is 18.0 Å². The fourth-order valence-corrected chi connectivity index (χ4v) is 2.67. The number of hydrogen-bond donors (Lipinski definition) is 1. The number of rotatable bonds is 4. The molecule has 0 aliphatic carbocycles. The molecule has 9 heteroatoms. The molecule has 0 aliphatic heterocycles. The number of amides is 1. The van der Waals surface area contributed by atoms with Gasteiger partial charge in [-0.05, 0) is 25.1 Å². The summed E-state index contributed by atoms with van der Waals surface area (Å²) in [6, 6.07) is 6.00. The summed E-state index contributed by atoms with van der Waals surface area (Å²) in [6.45, 7) is 1.39. The van der Waals surface area contributed by atoms with E-state index in [4.69, 9.17) is 51.1 Å². The first-order valence-electron chi connectivity index (χ1n) is 6.56. The van der Waals surface area contributed by atoms with Crippen molar-refractivity contribution in [2.75, 3.05) is 5.32 Å². The minimum Gasteiger partial charge on any atom is -0.449 e. The lowest BCUT2D eigenvalue weighted by molar-refractivity contribution is -0.123. The number of esters is 1. The van der Waals surface area contributed by atoms with Crippen molar-refractivity contribution >= 4 is 64.1 Å². The Hall–Kier alpha value is -1.53. The number of nitrogens with zero attached hydrogens (tertiary/aromatic N) is 1. The zero-order valence-electron chi connectivity index (χ0n) is 12.1. The highest BCUT2D eigenvalue weighted by Gasteiger charge is 2.23. The van der Waals surface area contributed by atoms with E-state index in [2.05, 4.69) is 10.3 Å². The largest absolute Gasteiger partial charge is 0.449 e. The molecule has 0 fully saturated rings. The number of carbonyl (C=O) groups excluding carboxylic acids is 2. The van der Waals surface area contributed by atoms with Crippen LogP contribution >= 0.6 is 46.4 Å². The van der Waals surface area contributed by atoms with Crippen molar-refractivity contribution in [1.82, 2.24) is 4.98 Å². The number of anilines is 1. The number of ether oxygens (including phenoxy) is 1. The standard InChI is InChI=1S/C15H10Cl4N2O3/c1-7(14(22)21-13-11(19)5-8(16)6-20-13)24-15(23)12-9(17)3-2-4-10(12)18/h2-7H,1H3,(H,20,21,22)/t7-/m0/s1. The van der Waals surface area contributed by atoms with Crippen LogP contribution in [0.25, 0.3) is 0 Å². The van der Waals surface area contributed by atoms with E-state index in [1.54, 1.807) is 6.07 Å². The Balaban J connectivity index is 2.07. The smallest absolute Gasteiger partial charge is 0.341 e. The number of hydrogen-bond acceptors (Lipinski definition) is 4. The van der Waals surface area contributed by atoms with Crippen LogP contribution in [0.4, 0.5) is 5.82 Å². The maximum absolute atomic E-state index is 12.1. The first kappa shape index (κ1) is 18.8. The van der Waals surface area contributed by atoms with E-state index in [0.717, 1.165) is 0 Å². The van der Waals surface area contributed by atoms with Crippen molar-refractivity contribution in [3.8, 4) is 0 Å². The molecule has 5 nitrogen and oxygen atoms in total. The maximum Gasteiger partial charge on any atom is 0.341 e. The number of halogens is 4. The third-order valence-corrected chi connectivity index (χ3v) is 3.99. The number of pyridine rings is 1. The molecular weight excluding hydrogens is 398 g/mol. The SMILES string of the molecule is C[C@H](OC(=O)c1c(Cl)cccc1Cl)C(=O)Nc1ncc(Cl)cc1Cl. The van der Waals surface area contributed by atoms with E-state index in [1.165, 1.54) is 31.3 Å². The normalized spacial score (nSPS) is 11.7. The van der Waals surface area contributed by atoms with Crippen molar-refractivity contribution in [3.05, 3.63) is 56.1 Å². The van der Waals surface area contributed by atoms with Crippen molar-refractivity contribution < 1.29 is 14.3 Å². The Morgan fingerprint density at radius 2 is 1.75 bits per heavy atom. The van der Waals surface area contributed by atoms with Crippen molar-refractivity contribution in [1.29, 1.82) is 0 Å². The summed E-state index contributed by atoms with van der Waals surface area (Å²) in [5, 5.41) is 3.17. The monoisotopic (exact) mass is 406 g/mol. The first-order valence-corrected chi connectivity index (χ1v) is 8.07. The highest BCUT2D eigenvalue weighted by Crippen LogP contribution is 2.26. The van der Waals surface area contributed by atoms with Gasteiger partial charge in [-0.3, -0.25) is 4.79 Å². The summed E-state index contributed by atoms with van der Waals surface area (Å²) in [7, 11) is 0. The van der Waals surface area contributed by atoms with Crippen LogP contribution in [0.5, 0.6) is 0 Å². The van der Waals surface area contributed by atoms with Crippen LogP contribution in [-0.4, -0.2) is 23.0 Å². The van der Waals surface area contributed by atoms with Gasteiger partial charge in [0.25, 0.3) is 5.91 Å². The molecule has 24 heavy (non-hydrogen) atoms. The lowest BCUT2D eigenvalue weighted by atomic mass is 10.2. The fraction of sp³-hybridized carbons (Fsp3) is 0.133. The fourth-order valence-electron chi connectivity index (χ4n) is 1.69. The van der Waals surface area contributed by atoms with Crippen LogP contribution in [0.2, 0.25) is 20.1 Å². The van der Waals surface area contributed by atoms with E-state index >= 15 is 0 Å². The summed E-state index contributed by atoms with van der Waals surface area (Å²) in [5.74, 6) is -1.34. The molecule has 0 aliphatic rings. The highest BCUT2D eigenvalue weighted by atomic mass is 35.5. The van der Waals surface area contributed by atoms with Crippen LogP contribution in [0, 0.1) is 0 Å². The van der Waals surface area contributed by atoms with E-state index in [0.29, 0.717) is 5.02 Å². The van der Waals surface area contributed by atoms with Gasteiger partial charge in [-0.2, -0.15) is 0 Å². The molecule has 0 saturated carbocycles. The Labute approximate surface area is 157 Å². The Bertz CT molecular complexity index is 778. The minimum absolute atomic E-state index is 0.0110. The van der Waals surface area contributed by atoms with Gasteiger partial charge in [-0.25, -0.2) is 9.78 Å². The van der Waals surface area contributed by atoms with Crippen LogP contribution in [0.3, 0.4) is 0 Å². The summed E-state index contributed by atoms with van der Waals surface area (Å²) in [6.07, 6.45) is 0.196. The lowest BCUT2D eigenvalue weighted by Crippen LogP contribution is -2.30. The van der Waals surface area contributed by atoms with E-state index in [9.17, 15) is 9.59 Å². The quantitative estimate of drug-likeness (QED) is 0.733. The average Bonchev–Trinajstić information content (AvgIpc) is 2.49. The second-order valence-electron chi connectivity index (χ2n) is 4.62. The predicted molar refractivity (Wildman–Crippen MR) is 94.2 cm³/mol. The predicted octanol–water partition coefficient (Wildman–Crippen LogP) is 4.88. The lowest BCUT2D eigenvalue weighted by Gasteiger charge is -2.14. The zero-order chi connectivity index (χ0) is 17.9. The number of carbonyl (C=O) groups is 2. The molecule has 1 N–H and O–H groups in total. The van der Waals surface area contributed by atoms with Gasteiger partial charge in [0.1, 0.15) is 0 Å². The molecular formula is C15H10Cl4N2O3. The Morgan fingerprint density at radius 1 is 1.12 bits per heavy atom. The van der Waals surface area contributed by atoms with E-state index in [-0.39, 0.29) is 26.4 Å². The van der Waals surface area contributed by atoms with Crippen LogP contribution in [0.1, 0.15) is 17.3 Å². The van der Waals surface area contributed by atoms with Crippen molar-refractivity contribution in [2.45, 2.75) is 13.0 Å². The van der Waals surface area contributed by atoms with Crippen molar-refractivity contribution in [3.63, 3.8) is 0 Å². The molecule has 0 radical (unpaired) electrons. The summed E-state index contributed by atoms with van der Waals surface area (Å²) >= 11 is 23.5. The third kappa shape index (κ3) is 4.51. The molecule has 0 spiro atoms. The molecule has 1 atom stereocenters. The molecule has 1 amide bonds. The maximum atomic E-state index is 12.1. The number of benzene rings is 1. The molecule has 1 aromatic heterocycles. The second-order valence-corrected chi connectivity index (χ2v) is 6.28. The van der Waals surface area contributed by atoms with Crippen LogP contribution in [-0.2, 0) is 9.53 Å². The van der Waals surface area contributed by atoms with Crippen LogP contribution in [0.15, 0.2) is 30.5 Å². The Kier molecular flexibility index (Phi) is 6.29. The summed E-state index contributed by atoms with van der Waals surface area (Å²) < 4.78 is 5.08. The molecule has 0 saturated heterocycles. The first-order chi connectivity index (χ1) is 11.3. The summed E-state index contributed by atoms with van der Waals surface area (Å²) in [5.41, 5.74) is -0.0110. The third-order valence-electron chi connectivity index (χ3n) is 2.87. The minimum atomic E-state index is -1.13. The van der Waals surface area contributed by atoms with Gasteiger partial charge in [0.15, 0.2) is 11.9 Å². The van der Waals surface area contributed by atoms with Gasteiger partial charge in [0.05, 0.1) is 25.7 Å². The van der Waals surface area contributed by atoms with Crippen LogP contribution < -0.4 is 5.32 Å². The Morgan fingerprint density at radius 3 is 2.33 bits per heavy atom. The summed E-state index contributed by atoms with van der Waals surface area (Å²) in [4.78, 5) is 28.1. The topological polar surface area (TPSA) is 68.3 Å². The molecule has 1 heterocycles. The molecule has 0 bridgehead atoms. The van der Waals surface area contributed by atoms with Gasteiger partial charge in [0.2, 0.25) is 0 Å². The van der Waals surface area contributed by atoms with Gasteiger partial charge in [-0.1, -0.05) is 52.5 Å². The van der Waals surface area contributed by atoms with Gasteiger partial charge < -0.3 is 10.1 Å². The number of nitrogens with one attached hydrogen (secondary N) is 1. The number of aromatic nitrogens is 1. The average molecular weight is 408 g/mol. The molecule has 0 unspecified atom stereocenters. The zero-order valence-corrected chi connectivity index (χ0v) is 15.2. The molecule has 1 aromatic carbocycles.